The molecule has 0 aliphatic heterocycles. The third kappa shape index (κ3) is 3.46. The van der Waals surface area contributed by atoms with Gasteiger partial charge in [0.05, 0.1) is 11.1 Å². The van der Waals surface area contributed by atoms with Crippen LogP contribution in [0, 0.1) is 5.82 Å². The first-order valence-electron chi connectivity index (χ1n) is 6.48. The molecule has 0 fully saturated rings. The van der Waals surface area contributed by atoms with Crippen LogP contribution in [0.3, 0.4) is 0 Å². The van der Waals surface area contributed by atoms with Gasteiger partial charge in [0.15, 0.2) is 0 Å². The fourth-order valence-electron chi connectivity index (χ4n) is 2.36. The second-order valence-corrected chi connectivity index (χ2v) is 5.83. The smallest absolute Gasteiger partial charge is 0.147 e. The molecule has 0 amide bonds. The number of ether oxygens (including phenoxy) is 1. The van der Waals surface area contributed by atoms with E-state index in [4.69, 9.17) is 16.3 Å². The standard InChI is InChI=1S/C16H16BrClFNO/c1-20-15(11-8-9-12(17)13(18)14(11)19)16(21-2)10-6-4-3-5-7-10/h3-9,15-16,20H,1-2H3. The number of nitrogens with one attached hydrogen (secondary N) is 1. The van der Waals surface area contributed by atoms with E-state index < -0.39 is 5.82 Å². The van der Waals surface area contributed by atoms with Crippen molar-refractivity contribution in [3.05, 3.63) is 68.9 Å². The highest BCUT2D eigenvalue weighted by molar-refractivity contribution is 9.10. The molecule has 2 unspecified atom stereocenters. The first-order chi connectivity index (χ1) is 10.1. The number of rotatable bonds is 5. The molecule has 5 heteroatoms. The average Bonchev–Trinajstić information content (AvgIpc) is 2.52. The second-order valence-electron chi connectivity index (χ2n) is 4.60. The van der Waals surface area contributed by atoms with Crippen LogP contribution in [-0.4, -0.2) is 14.2 Å². The predicted molar refractivity (Wildman–Crippen MR) is 87.1 cm³/mol. The van der Waals surface area contributed by atoms with E-state index in [1.54, 1.807) is 26.3 Å². The Morgan fingerprint density at radius 3 is 2.43 bits per heavy atom. The largest absolute Gasteiger partial charge is 0.375 e. The lowest BCUT2D eigenvalue weighted by molar-refractivity contribution is 0.0690. The Kier molecular flexibility index (Phi) is 5.76. The zero-order chi connectivity index (χ0) is 15.4. The van der Waals surface area contributed by atoms with Crippen LogP contribution in [0.2, 0.25) is 5.02 Å². The topological polar surface area (TPSA) is 21.3 Å². The molecule has 2 aromatic carbocycles. The highest BCUT2D eigenvalue weighted by Crippen LogP contribution is 2.36. The number of hydrogen-bond acceptors (Lipinski definition) is 2. The lowest BCUT2D eigenvalue weighted by Gasteiger charge is -2.27. The van der Waals surface area contributed by atoms with Crippen molar-refractivity contribution in [2.24, 2.45) is 0 Å². The normalized spacial score (nSPS) is 14.0. The van der Waals surface area contributed by atoms with E-state index in [9.17, 15) is 4.39 Å². The first-order valence-corrected chi connectivity index (χ1v) is 7.65. The zero-order valence-electron chi connectivity index (χ0n) is 11.7. The molecular weight excluding hydrogens is 357 g/mol. The fourth-order valence-corrected chi connectivity index (χ4v) is 2.84. The molecule has 2 rings (SSSR count). The van der Waals surface area contributed by atoms with Crippen LogP contribution in [0.4, 0.5) is 4.39 Å². The summed E-state index contributed by atoms with van der Waals surface area (Å²) >= 11 is 9.21. The van der Waals surface area contributed by atoms with Gasteiger partial charge in [-0.2, -0.15) is 0 Å². The van der Waals surface area contributed by atoms with Crippen molar-refractivity contribution in [2.45, 2.75) is 12.1 Å². The summed E-state index contributed by atoms with van der Waals surface area (Å²) in [7, 11) is 3.38. The third-order valence-electron chi connectivity index (χ3n) is 3.40. The van der Waals surface area contributed by atoms with E-state index in [2.05, 4.69) is 21.2 Å². The van der Waals surface area contributed by atoms with Gasteiger partial charge in [0.1, 0.15) is 11.9 Å². The van der Waals surface area contributed by atoms with E-state index in [0.717, 1.165) is 5.56 Å². The van der Waals surface area contributed by atoms with Crippen LogP contribution in [0.1, 0.15) is 23.3 Å². The molecule has 0 bridgehead atoms. The highest BCUT2D eigenvalue weighted by Gasteiger charge is 2.27. The predicted octanol–water partition coefficient (Wildman–Crippen LogP) is 4.89. The van der Waals surface area contributed by atoms with Crippen LogP contribution in [0.25, 0.3) is 0 Å². The van der Waals surface area contributed by atoms with E-state index in [0.29, 0.717) is 10.0 Å². The first kappa shape index (κ1) is 16.4. The van der Waals surface area contributed by atoms with Gasteiger partial charge in [0.25, 0.3) is 0 Å². The minimum Gasteiger partial charge on any atom is -0.375 e. The summed E-state index contributed by atoms with van der Waals surface area (Å²) < 4.78 is 20.6. The van der Waals surface area contributed by atoms with E-state index in [1.165, 1.54) is 0 Å². The molecule has 112 valence electrons. The van der Waals surface area contributed by atoms with Crippen molar-refractivity contribution in [2.75, 3.05) is 14.2 Å². The Bertz CT molecular complexity index is 609. The van der Waals surface area contributed by atoms with Gasteiger partial charge in [-0.15, -0.1) is 0 Å². The Labute approximate surface area is 137 Å². The number of halogens is 3. The van der Waals surface area contributed by atoms with Crippen LogP contribution < -0.4 is 5.32 Å². The zero-order valence-corrected chi connectivity index (χ0v) is 14.1. The van der Waals surface area contributed by atoms with E-state index in [1.807, 2.05) is 30.3 Å². The number of hydrogen-bond donors (Lipinski definition) is 1. The maximum absolute atomic E-state index is 14.5. The summed E-state index contributed by atoms with van der Waals surface area (Å²) in [6.45, 7) is 0. The number of likely N-dealkylation sites (N-methyl/N-ethyl adjacent to an activating group) is 1. The molecule has 0 spiro atoms. The van der Waals surface area contributed by atoms with Crippen molar-refractivity contribution in [1.29, 1.82) is 0 Å². The fraction of sp³-hybridized carbons (Fsp3) is 0.250. The van der Waals surface area contributed by atoms with Gasteiger partial charge in [-0.05, 0) is 34.6 Å². The molecule has 1 N–H and O–H groups in total. The maximum Gasteiger partial charge on any atom is 0.147 e. The van der Waals surface area contributed by atoms with Crippen LogP contribution in [0.5, 0.6) is 0 Å². The van der Waals surface area contributed by atoms with E-state index in [-0.39, 0.29) is 17.2 Å². The molecule has 0 aromatic heterocycles. The molecule has 0 radical (unpaired) electrons. The molecule has 0 aliphatic rings. The molecule has 0 heterocycles. The number of methoxy groups -OCH3 is 1. The highest BCUT2D eigenvalue weighted by atomic mass is 79.9. The molecule has 0 saturated heterocycles. The molecule has 21 heavy (non-hydrogen) atoms. The minimum atomic E-state index is -0.441. The monoisotopic (exact) mass is 371 g/mol. The van der Waals surface area contributed by atoms with Gasteiger partial charge >= 0.3 is 0 Å². The second kappa shape index (κ2) is 7.36. The molecule has 0 saturated carbocycles. The lowest BCUT2D eigenvalue weighted by Crippen LogP contribution is -2.26. The van der Waals surface area contributed by atoms with Gasteiger partial charge < -0.3 is 10.1 Å². The van der Waals surface area contributed by atoms with Gasteiger partial charge in [0, 0.05) is 17.1 Å². The summed E-state index contributed by atoms with van der Waals surface area (Å²) in [5.41, 5.74) is 1.44. The Morgan fingerprint density at radius 1 is 1.19 bits per heavy atom. The van der Waals surface area contributed by atoms with Gasteiger partial charge in [0.2, 0.25) is 0 Å². The van der Waals surface area contributed by atoms with Crippen LogP contribution >= 0.6 is 27.5 Å². The molecule has 2 atom stereocenters. The SMILES string of the molecule is CNC(c1ccc(Br)c(Cl)c1F)C(OC)c1ccccc1. The summed E-state index contributed by atoms with van der Waals surface area (Å²) in [5.74, 6) is -0.441. The minimum absolute atomic E-state index is 0.0793. The molecule has 2 aromatic rings. The van der Waals surface area contributed by atoms with Gasteiger partial charge in [-0.1, -0.05) is 48.0 Å². The van der Waals surface area contributed by atoms with Gasteiger partial charge in [-0.25, -0.2) is 4.39 Å². The van der Waals surface area contributed by atoms with Crippen molar-refractivity contribution >= 4 is 27.5 Å². The van der Waals surface area contributed by atoms with Crippen LogP contribution in [-0.2, 0) is 4.74 Å². The Morgan fingerprint density at radius 2 is 1.86 bits per heavy atom. The Hall–Kier alpha value is -0.940. The molecule has 2 nitrogen and oxygen atoms in total. The van der Waals surface area contributed by atoms with Crippen molar-refractivity contribution < 1.29 is 9.13 Å². The maximum atomic E-state index is 14.5. The number of benzene rings is 2. The quantitative estimate of drug-likeness (QED) is 0.755. The molecular formula is C16H16BrClFNO. The summed E-state index contributed by atoms with van der Waals surface area (Å²) in [5, 5.41) is 3.20. The lowest BCUT2D eigenvalue weighted by atomic mass is 9.95. The van der Waals surface area contributed by atoms with Crippen molar-refractivity contribution in [3.8, 4) is 0 Å². The van der Waals surface area contributed by atoms with Gasteiger partial charge in [-0.3, -0.25) is 0 Å². The average molecular weight is 373 g/mol. The third-order valence-corrected chi connectivity index (χ3v) is 4.65. The summed E-state index contributed by atoms with van der Waals surface area (Å²) in [6.07, 6.45) is -0.317. The summed E-state index contributed by atoms with van der Waals surface area (Å²) in [4.78, 5) is 0. The molecule has 0 aliphatic carbocycles. The summed E-state index contributed by atoms with van der Waals surface area (Å²) in [6, 6.07) is 12.8. The van der Waals surface area contributed by atoms with E-state index >= 15 is 0 Å². The van der Waals surface area contributed by atoms with Crippen molar-refractivity contribution in [1.82, 2.24) is 5.32 Å². The van der Waals surface area contributed by atoms with Crippen LogP contribution in [0.15, 0.2) is 46.9 Å². The Balaban J connectivity index is 2.45. The van der Waals surface area contributed by atoms with Crippen molar-refractivity contribution in [3.63, 3.8) is 0 Å².